The average molecular weight is 367 g/mol. The largest absolute Gasteiger partial charge is 0.345 e. The van der Waals surface area contributed by atoms with Gasteiger partial charge in [-0.15, -0.1) is 5.10 Å². The van der Waals surface area contributed by atoms with E-state index in [0.717, 1.165) is 25.7 Å². The zero-order valence-corrected chi connectivity index (χ0v) is 14.4. The number of carbonyl (C=O) groups is 1. The third-order valence-electron chi connectivity index (χ3n) is 4.24. The lowest BCUT2D eigenvalue weighted by Crippen LogP contribution is -2.27. The Labute approximate surface area is 148 Å². The molecule has 0 bridgehead atoms. The van der Waals surface area contributed by atoms with Gasteiger partial charge in [-0.2, -0.15) is 8.78 Å². The number of benzene rings is 1. The van der Waals surface area contributed by atoms with Crippen LogP contribution in [0.3, 0.4) is 0 Å². The van der Waals surface area contributed by atoms with E-state index in [1.165, 1.54) is 18.6 Å². The van der Waals surface area contributed by atoms with Crippen LogP contribution in [0.2, 0.25) is 0 Å². The van der Waals surface area contributed by atoms with E-state index < -0.39 is 11.7 Å². The molecule has 9 heteroatoms. The summed E-state index contributed by atoms with van der Waals surface area (Å²) >= 11 is 0.363. The molecule has 1 aromatic heterocycles. The van der Waals surface area contributed by atoms with Crippen molar-refractivity contribution in [3.63, 3.8) is 0 Å². The molecule has 0 radical (unpaired) electrons. The van der Waals surface area contributed by atoms with E-state index in [1.54, 1.807) is 16.8 Å². The summed E-state index contributed by atoms with van der Waals surface area (Å²) in [6.07, 6.45) is 5.58. The summed E-state index contributed by atoms with van der Waals surface area (Å²) in [5.74, 6) is -2.41. The number of carbonyl (C=O) groups excluding carboxylic acids is 1. The molecule has 3 rings (SSSR count). The number of rotatable bonds is 6. The van der Waals surface area contributed by atoms with Crippen molar-refractivity contribution < 1.29 is 13.6 Å². The molecule has 1 aromatic carbocycles. The summed E-state index contributed by atoms with van der Waals surface area (Å²) in [7, 11) is 0. The molecule has 1 fully saturated rings. The number of thioether (sulfide) groups is 1. The van der Waals surface area contributed by atoms with Crippen molar-refractivity contribution in [1.82, 2.24) is 25.5 Å². The van der Waals surface area contributed by atoms with Gasteiger partial charge in [0.05, 0.1) is 18.2 Å². The van der Waals surface area contributed by atoms with Gasteiger partial charge in [-0.1, -0.05) is 43.2 Å². The fourth-order valence-electron chi connectivity index (χ4n) is 3.05. The van der Waals surface area contributed by atoms with Crippen molar-refractivity contribution in [2.45, 2.75) is 55.3 Å². The van der Waals surface area contributed by atoms with E-state index in [2.05, 4.69) is 20.8 Å². The van der Waals surface area contributed by atoms with Crippen LogP contribution in [0.15, 0.2) is 29.2 Å². The maximum Gasteiger partial charge on any atom is 0.288 e. The maximum absolute atomic E-state index is 12.6. The number of hydrogen-bond acceptors (Lipinski definition) is 5. The lowest BCUT2D eigenvalue weighted by molar-refractivity contribution is 0.0946. The van der Waals surface area contributed by atoms with Gasteiger partial charge in [-0.3, -0.25) is 4.79 Å². The number of nitrogens with zero attached hydrogens (tertiary/aromatic N) is 4. The molecule has 1 aliphatic rings. The molecule has 0 unspecified atom stereocenters. The van der Waals surface area contributed by atoms with Crippen LogP contribution < -0.4 is 5.32 Å². The second-order valence-electron chi connectivity index (χ2n) is 5.89. The number of hydrogen-bond donors (Lipinski definition) is 1. The Morgan fingerprint density at radius 3 is 2.80 bits per heavy atom. The first-order valence-corrected chi connectivity index (χ1v) is 9.12. The summed E-state index contributed by atoms with van der Waals surface area (Å²) in [6.45, 7) is 0.163. The van der Waals surface area contributed by atoms with E-state index in [-0.39, 0.29) is 23.0 Å². The van der Waals surface area contributed by atoms with Crippen LogP contribution in [-0.2, 0) is 6.54 Å². The molecule has 6 nitrogen and oxygen atoms in total. The van der Waals surface area contributed by atoms with Crippen molar-refractivity contribution in [1.29, 1.82) is 0 Å². The fraction of sp³-hybridized carbons (Fsp3) is 0.500. The Bertz CT molecular complexity index is 718. The van der Waals surface area contributed by atoms with E-state index in [9.17, 15) is 13.6 Å². The molecular formula is C16H19F2N5OS. The monoisotopic (exact) mass is 367 g/mol. The molecule has 0 aliphatic heterocycles. The summed E-state index contributed by atoms with van der Waals surface area (Å²) in [5, 5.41) is 14.5. The number of tetrazole rings is 1. The second-order valence-corrected chi connectivity index (χ2v) is 6.92. The van der Waals surface area contributed by atoms with Crippen LogP contribution in [0.4, 0.5) is 8.78 Å². The van der Waals surface area contributed by atoms with Crippen LogP contribution in [0.1, 0.15) is 54.3 Å². The van der Waals surface area contributed by atoms with Crippen molar-refractivity contribution in [2.24, 2.45) is 0 Å². The Morgan fingerprint density at radius 1 is 1.28 bits per heavy atom. The highest BCUT2D eigenvalue weighted by Crippen LogP contribution is 2.29. The molecule has 1 heterocycles. The molecule has 1 saturated carbocycles. The Morgan fingerprint density at radius 2 is 2.04 bits per heavy atom. The minimum absolute atomic E-state index is 0.163. The van der Waals surface area contributed by atoms with E-state index in [0.29, 0.717) is 17.6 Å². The van der Waals surface area contributed by atoms with E-state index in [4.69, 9.17) is 0 Å². The molecule has 1 amide bonds. The molecule has 25 heavy (non-hydrogen) atoms. The van der Waals surface area contributed by atoms with Crippen molar-refractivity contribution in [3.05, 3.63) is 35.7 Å². The maximum atomic E-state index is 12.6. The predicted octanol–water partition coefficient (Wildman–Crippen LogP) is 3.42. The third kappa shape index (κ3) is 4.53. The predicted molar refractivity (Wildman–Crippen MR) is 89.4 cm³/mol. The SMILES string of the molecule is O=C(NCc1nnnn1C1CCCCC1)c1ccccc1SC(F)F. The molecule has 0 atom stereocenters. The number of halogens is 2. The molecule has 0 saturated heterocycles. The van der Waals surface area contributed by atoms with Crippen LogP contribution >= 0.6 is 11.8 Å². The highest BCUT2D eigenvalue weighted by Gasteiger charge is 2.21. The van der Waals surface area contributed by atoms with E-state index in [1.807, 2.05) is 0 Å². The van der Waals surface area contributed by atoms with Gasteiger partial charge in [0.25, 0.3) is 11.7 Å². The Balaban J connectivity index is 1.66. The van der Waals surface area contributed by atoms with Gasteiger partial charge in [0.2, 0.25) is 0 Å². The van der Waals surface area contributed by atoms with Gasteiger partial charge in [-0.05, 0) is 35.4 Å². The number of alkyl halides is 2. The van der Waals surface area contributed by atoms with Crippen LogP contribution in [-0.4, -0.2) is 31.9 Å². The van der Waals surface area contributed by atoms with Gasteiger partial charge < -0.3 is 5.32 Å². The summed E-state index contributed by atoms with van der Waals surface area (Å²) in [5.41, 5.74) is 0.226. The van der Waals surface area contributed by atoms with Crippen molar-refractivity contribution >= 4 is 17.7 Å². The zero-order valence-electron chi connectivity index (χ0n) is 13.6. The quantitative estimate of drug-likeness (QED) is 0.792. The summed E-state index contributed by atoms with van der Waals surface area (Å²) in [6, 6.07) is 6.58. The first-order valence-electron chi connectivity index (χ1n) is 8.24. The van der Waals surface area contributed by atoms with Crippen molar-refractivity contribution in [3.8, 4) is 0 Å². The summed E-state index contributed by atoms with van der Waals surface area (Å²) in [4.78, 5) is 12.6. The lowest BCUT2D eigenvalue weighted by atomic mass is 9.95. The first kappa shape index (κ1) is 17.8. The molecular weight excluding hydrogens is 348 g/mol. The number of aromatic nitrogens is 4. The smallest absolute Gasteiger partial charge is 0.288 e. The van der Waals surface area contributed by atoms with E-state index >= 15 is 0 Å². The Kier molecular flexibility index (Phi) is 5.95. The van der Waals surface area contributed by atoms with Crippen LogP contribution in [0.5, 0.6) is 0 Å². The average Bonchev–Trinajstić information content (AvgIpc) is 3.09. The fourth-order valence-corrected chi connectivity index (χ4v) is 3.68. The van der Waals surface area contributed by atoms with Gasteiger partial charge in [0, 0.05) is 4.90 Å². The molecule has 2 aromatic rings. The number of amides is 1. The minimum atomic E-state index is -2.58. The minimum Gasteiger partial charge on any atom is -0.345 e. The van der Waals surface area contributed by atoms with Crippen LogP contribution in [0, 0.1) is 0 Å². The van der Waals surface area contributed by atoms with Gasteiger partial charge in [0.15, 0.2) is 5.82 Å². The normalized spacial score (nSPS) is 15.5. The summed E-state index contributed by atoms with van der Waals surface area (Å²) < 4.78 is 27.0. The molecule has 134 valence electrons. The molecule has 1 aliphatic carbocycles. The van der Waals surface area contributed by atoms with Crippen LogP contribution in [0.25, 0.3) is 0 Å². The molecule has 0 spiro atoms. The van der Waals surface area contributed by atoms with Gasteiger partial charge in [0.1, 0.15) is 0 Å². The van der Waals surface area contributed by atoms with Gasteiger partial charge >= 0.3 is 0 Å². The standard InChI is InChI=1S/C16H19F2N5OS/c17-16(18)25-13-9-5-4-8-12(13)15(24)19-10-14-20-21-22-23(14)11-6-2-1-3-7-11/h4-5,8-9,11,16H,1-3,6-7,10H2,(H,19,24). The number of nitrogens with one attached hydrogen (secondary N) is 1. The molecule has 1 N–H and O–H groups in total. The second kappa shape index (κ2) is 8.37. The first-order chi connectivity index (χ1) is 12.1. The topological polar surface area (TPSA) is 72.7 Å². The Hall–Kier alpha value is -2.03. The highest BCUT2D eigenvalue weighted by molar-refractivity contribution is 7.99. The third-order valence-corrected chi connectivity index (χ3v) is 5.02. The zero-order chi connectivity index (χ0) is 17.6. The van der Waals surface area contributed by atoms with Crippen molar-refractivity contribution in [2.75, 3.05) is 0 Å². The van der Waals surface area contributed by atoms with Gasteiger partial charge in [-0.25, -0.2) is 4.68 Å². The highest BCUT2D eigenvalue weighted by atomic mass is 32.2. The lowest BCUT2D eigenvalue weighted by Gasteiger charge is -2.22.